The number of hydrogen-bond acceptors (Lipinski definition) is 12. The molecule has 0 aromatic heterocycles. The number of nitrogens with one attached hydrogen (secondary N) is 1. The Balaban J connectivity index is 1.73. The number of nitrogens with two attached hydrogens (primary N) is 1. The number of aromatic hydroxyl groups is 1. The highest BCUT2D eigenvalue weighted by Crippen LogP contribution is 2.52. The van der Waals surface area contributed by atoms with Crippen LogP contribution >= 0.6 is 0 Å². The number of anilines is 1. The van der Waals surface area contributed by atoms with Gasteiger partial charge in [-0.3, -0.25) is 24.0 Å². The van der Waals surface area contributed by atoms with Gasteiger partial charge in [0.25, 0.3) is 0 Å². The van der Waals surface area contributed by atoms with Crippen LogP contribution < -0.4 is 16.0 Å². The maximum absolute atomic E-state index is 14.1. The van der Waals surface area contributed by atoms with Crippen LogP contribution in [0.4, 0.5) is 5.69 Å². The van der Waals surface area contributed by atoms with Crippen molar-refractivity contribution in [3.8, 4) is 5.75 Å². The fourth-order valence-electron chi connectivity index (χ4n) is 7.14. The van der Waals surface area contributed by atoms with E-state index in [4.69, 9.17) is 5.73 Å². The maximum atomic E-state index is 14.1. The minimum atomic E-state index is -2.71. The van der Waals surface area contributed by atoms with Crippen molar-refractivity contribution in [3.05, 3.63) is 22.8 Å². The third-order valence-corrected chi connectivity index (χ3v) is 9.10. The van der Waals surface area contributed by atoms with Gasteiger partial charge in [0, 0.05) is 50.3 Å². The fourth-order valence-corrected chi connectivity index (χ4v) is 7.14. The Bertz CT molecular complexity index is 1310. The lowest BCUT2D eigenvalue weighted by Crippen LogP contribution is -2.75. The highest BCUT2D eigenvalue weighted by Gasteiger charge is 2.69. The quantitative estimate of drug-likeness (QED) is 0.131. The summed E-state index contributed by atoms with van der Waals surface area (Å²) in [5.74, 6) is -9.70. The van der Waals surface area contributed by atoms with Gasteiger partial charge < -0.3 is 40.9 Å². The van der Waals surface area contributed by atoms with Crippen molar-refractivity contribution in [1.82, 2.24) is 10.2 Å². The number of methoxy groups -OCH3 is 1. The first-order valence-corrected chi connectivity index (χ1v) is 14.0. The lowest BCUT2D eigenvalue weighted by atomic mass is 9.52. The Hall–Kier alpha value is -3.39. The van der Waals surface area contributed by atoms with Crippen LogP contribution in [0.1, 0.15) is 40.7 Å². The van der Waals surface area contributed by atoms with Crippen LogP contribution in [-0.4, -0.2) is 109 Å². The van der Waals surface area contributed by atoms with Gasteiger partial charge >= 0.3 is 5.97 Å². The molecule has 0 saturated heterocycles. The van der Waals surface area contributed by atoms with Crippen LogP contribution in [0.3, 0.4) is 0 Å². The topological polar surface area (TPSA) is 200 Å². The molecule has 3 unspecified atom stereocenters. The Labute approximate surface area is 244 Å². The molecule has 2 fully saturated rings. The predicted octanol–water partition coefficient (Wildman–Crippen LogP) is -1.23. The van der Waals surface area contributed by atoms with Gasteiger partial charge in [-0.1, -0.05) is 0 Å². The van der Waals surface area contributed by atoms with E-state index in [1.54, 1.807) is 39.2 Å². The van der Waals surface area contributed by atoms with Crippen molar-refractivity contribution >= 4 is 34.9 Å². The van der Waals surface area contributed by atoms with E-state index in [0.717, 1.165) is 0 Å². The second-order valence-electron chi connectivity index (χ2n) is 12.0. The molecule has 13 nitrogen and oxygen atoms in total. The Morgan fingerprint density at radius 2 is 1.83 bits per heavy atom. The molecule has 1 aromatic rings. The molecule has 13 heteroatoms. The maximum Gasteiger partial charge on any atom is 0.305 e. The number of aliphatic hydroxyl groups excluding tert-OH is 1. The number of amides is 1. The second-order valence-corrected chi connectivity index (χ2v) is 12.0. The number of hydrogen-bond donors (Lipinski definition) is 5. The summed E-state index contributed by atoms with van der Waals surface area (Å²) in [7, 11) is 8.11. The molecule has 0 spiro atoms. The van der Waals surface area contributed by atoms with Gasteiger partial charge in [-0.2, -0.15) is 0 Å². The monoisotopic (exact) mass is 588 g/mol. The molecule has 0 bridgehead atoms. The van der Waals surface area contributed by atoms with Gasteiger partial charge in [0.15, 0.2) is 23.0 Å². The number of Topliss-reactive ketones (excluding diaryl/α,β-unsaturated/α-hetero) is 3. The van der Waals surface area contributed by atoms with Gasteiger partial charge in [0.05, 0.1) is 24.7 Å². The number of ether oxygens (including phenoxy) is 1. The zero-order valence-electron chi connectivity index (χ0n) is 24.5. The number of benzene rings is 1. The fraction of sp³-hybridized carbons (Fsp3) is 0.621. The third kappa shape index (κ3) is 4.97. The molecule has 1 amide bonds. The molecular weight excluding hydrogens is 548 g/mol. The number of esters is 1. The number of likely N-dealkylation sites (N-methyl/N-ethyl adjacent to an activating group) is 1. The highest BCUT2D eigenvalue weighted by molar-refractivity contribution is 6.25. The smallest absolute Gasteiger partial charge is 0.305 e. The van der Waals surface area contributed by atoms with Gasteiger partial charge in [-0.05, 0) is 57.5 Å². The molecule has 42 heavy (non-hydrogen) atoms. The largest absolute Gasteiger partial charge is 0.507 e. The average Bonchev–Trinajstić information content (AvgIpc) is 2.90. The minimum Gasteiger partial charge on any atom is -0.507 e. The number of nitrogens with zero attached hydrogens (tertiary/aromatic N) is 2. The van der Waals surface area contributed by atoms with Crippen LogP contribution in [0.2, 0.25) is 0 Å². The second kappa shape index (κ2) is 11.7. The van der Waals surface area contributed by atoms with E-state index in [1.807, 2.05) is 4.90 Å². The van der Waals surface area contributed by atoms with Crippen molar-refractivity contribution in [1.29, 1.82) is 0 Å². The van der Waals surface area contributed by atoms with Crippen molar-refractivity contribution < 1.29 is 44.0 Å². The van der Waals surface area contributed by atoms with Crippen molar-refractivity contribution in [2.45, 2.75) is 50.0 Å². The standard InChI is InChI=1S/C29H40N4O9/c1-32(2)17-11-14(12-31-8-6-7-18(34)42-5)23(35)20-15(17)9-13-10-16-22(33(3)4)25(37)21(28(30)40)27(39)29(16,41)26(38)19(13)24(20)36/h11,13,16,19,21-22,25,31,35,37,41H,6-10,12H2,1-5H3,(H2,30,40)/t13-,16-,19?,21?,22-,25?,29-/m1/s1. The summed E-state index contributed by atoms with van der Waals surface area (Å²) < 4.78 is 4.64. The first kappa shape index (κ1) is 31.5. The van der Waals surface area contributed by atoms with E-state index < -0.39 is 64.7 Å². The summed E-state index contributed by atoms with van der Waals surface area (Å²) in [6, 6.07) is 0.810. The Morgan fingerprint density at radius 1 is 1.17 bits per heavy atom. The molecule has 6 N–H and O–H groups in total. The van der Waals surface area contributed by atoms with E-state index >= 15 is 0 Å². The SMILES string of the molecule is COC(=O)CCCNCc1cc(N(C)C)c2c(c1O)C(=O)C1C(=O)[C@@]3(O)C(=O)C(C(N)=O)C(O)[C@H](N(C)C)[C@H]3C[C@H]1C2. The number of carbonyl (C=O) groups excluding carboxylic acids is 5. The summed E-state index contributed by atoms with van der Waals surface area (Å²) in [6.45, 7) is 0.611. The molecule has 3 aliphatic rings. The van der Waals surface area contributed by atoms with Gasteiger partial charge in [0.1, 0.15) is 11.7 Å². The average molecular weight is 589 g/mol. The number of phenolic OH excluding ortho intramolecular Hbond substituents is 1. The zero-order valence-corrected chi connectivity index (χ0v) is 24.5. The normalized spacial score (nSPS) is 30.4. The van der Waals surface area contributed by atoms with E-state index in [2.05, 4.69) is 10.1 Å². The number of primary amides is 1. The molecule has 230 valence electrons. The number of aliphatic hydroxyl groups is 2. The van der Waals surface area contributed by atoms with Gasteiger partial charge in [0.2, 0.25) is 5.91 Å². The lowest BCUT2D eigenvalue weighted by Gasteiger charge is -2.55. The molecule has 3 aliphatic carbocycles. The summed E-state index contributed by atoms with van der Waals surface area (Å²) in [5.41, 5.74) is 4.31. The first-order chi connectivity index (χ1) is 19.7. The van der Waals surface area contributed by atoms with E-state index in [0.29, 0.717) is 29.8 Å². The molecule has 7 atom stereocenters. The molecule has 0 aliphatic heterocycles. The van der Waals surface area contributed by atoms with E-state index in [-0.39, 0.29) is 43.1 Å². The third-order valence-electron chi connectivity index (χ3n) is 9.10. The number of ketones is 3. The van der Waals surface area contributed by atoms with E-state index in [9.17, 15) is 39.3 Å². The Kier molecular flexibility index (Phi) is 8.79. The minimum absolute atomic E-state index is 0.0388. The summed E-state index contributed by atoms with van der Waals surface area (Å²) in [6.07, 6.45) is -0.570. The number of rotatable bonds is 9. The predicted molar refractivity (Wildman–Crippen MR) is 150 cm³/mol. The van der Waals surface area contributed by atoms with Crippen molar-refractivity contribution in [2.75, 3.05) is 46.7 Å². The van der Waals surface area contributed by atoms with Gasteiger partial charge in [-0.15, -0.1) is 0 Å². The van der Waals surface area contributed by atoms with Crippen LogP contribution in [0.15, 0.2) is 6.07 Å². The van der Waals surface area contributed by atoms with Crippen LogP contribution in [0.25, 0.3) is 0 Å². The lowest BCUT2D eigenvalue weighted by molar-refractivity contribution is -0.190. The number of phenols is 1. The highest BCUT2D eigenvalue weighted by atomic mass is 16.5. The molecule has 4 rings (SSSR count). The summed E-state index contributed by atoms with van der Waals surface area (Å²) in [4.78, 5) is 68.5. The summed E-state index contributed by atoms with van der Waals surface area (Å²) in [5, 5.41) is 37.2. The van der Waals surface area contributed by atoms with Crippen molar-refractivity contribution in [2.24, 2.45) is 29.4 Å². The zero-order chi connectivity index (χ0) is 31.3. The van der Waals surface area contributed by atoms with Crippen LogP contribution in [0.5, 0.6) is 5.75 Å². The molecule has 0 heterocycles. The number of carbonyl (C=O) groups is 5. The van der Waals surface area contributed by atoms with Gasteiger partial charge in [-0.25, -0.2) is 0 Å². The molecule has 0 radical (unpaired) electrons. The number of fused-ring (bicyclic) bond motifs is 3. The van der Waals surface area contributed by atoms with Crippen molar-refractivity contribution in [3.63, 3.8) is 0 Å². The molecule has 1 aromatic carbocycles. The first-order valence-electron chi connectivity index (χ1n) is 14.0. The molecule has 2 saturated carbocycles. The van der Waals surface area contributed by atoms with Crippen LogP contribution in [-0.2, 0) is 36.9 Å². The Morgan fingerprint density at radius 3 is 2.40 bits per heavy atom. The van der Waals surface area contributed by atoms with E-state index in [1.165, 1.54) is 7.11 Å². The molecular formula is C29H40N4O9. The van der Waals surface area contributed by atoms with Crippen LogP contribution in [0, 0.1) is 23.7 Å². The summed E-state index contributed by atoms with van der Waals surface area (Å²) >= 11 is 0.